The maximum Gasteiger partial charge on any atom is 0.340 e. The Balaban J connectivity index is 1.51. The maximum atomic E-state index is 13.7. The molecule has 0 bridgehead atoms. The van der Waals surface area contributed by atoms with Crippen molar-refractivity contribution in [3.8, 4) is 5.75 Å². The fourth-order valence-corrected chi connectivity index (χ4v) is 5.69. The second-order valence-corrected chi connectivity index (χ2v) is 12.6. The first-order chi connectivity index (χ1) is 22.4. The van der Waals surface area contributed by atoms with E-state index in [0.717, 1.165) is 5.39 Å². The quantitative estimate of drug-likeness (QED) is 0.181. The summed E-state index contributed by atoms with van der Waals surface area (Å²) in [6.07, 6.45) is 2.42. The first-order valence-electron chi connectivity index (χ1n) is 15.7. The molecular weight excluding hydrogens is 604 g/mol. The van der Waals surface area contributed by atoms with Crippen LogP contribution in [-0.4, -0.2) is 90.8 Å². The summed E-state index contributed by atoms with van der Waals surface area (Å²) in [5, 5.41) is 9.03. The maximum absolute atomic E-state index is 13.7. The van der Waals surface area contributed by atoms with Gasteiger partial charge in [-0.15, -0.1) is 0 Å². The molecule has 1 aliphatic heterocycles. The molecule has 3 heterocycles. The van der Waals surface area contributed by atoms with Crippen LogP contribution >= 0.6 is 0 Å². The van der Waals surface area contributed by atoms with Gasteiger partial charge in [-0.3, -0.25) is 24.2 Å². The number of aryl methyl sites for hydroxylation is 1. The Labute approximate surface area is 274 Å². The second kappa shape index (κ2) is 15.7. The zero-order chi connectivity index (χ0) is 34.2. The van der Waals surface area contributed by atoms with E-state index < -0.39 is 48.2 Å². The number of amides is 3. The highest BCUT2D eigenvalue weighted by Gasteiger charge is 2.34. The number of methoxy groups -OCH3 is 1. The molecule has 1 aliphatic rings. The van der Waals surface area contributed by atoms with E-state index in [1.54, 1.807) is 44.5 Å². The lowest BCUT2D eigenvalue weighted by atomic mass is 9.95. The van der Waals surface area contributed by atoms with Crippen molar-refractivity contribution in [1.29, 1.82) is 0 Å². The Kier molecular flexibility index (Phi) is 11.7. The molecular formula is C34H44N6O7. The van der Waals surface area contributed by atoms with Crippen molar-refractivity contribution in [1.82, 2.24) is 30.8 Å². The van der Waals surface area contributed by atoms with Crippen LogP contribution < -0.4 is 20.7 Å². The fraction of sp³-hybridized carbons (Fsp3) is 0.471. The molecule has 0 radical (unpaired) electrons. The number of pyridine rings is 1. The van der Waals surface area contributed by atoms with Gasteiger partial charge in [-0.25, -0.2) is 4.79 Å². The average molecular weight is 649 g/mol. The molecule has 3 atom stereocenters. The standard InChI is InChI=1S/C34H44N6O7/c1-19(2)14-25(39-33(44)26-16-22-23(37-26)8-7-9-29(22)46-6)32(43)38-24(15-21-11-13-36-31(21)42)28(41)18-47-34(45)30-20(3)10-12-35-27(30)17-40(4)5/h7-10,12,16,19,21,24-25,37H,11,13-15,17-18H2,1-6H3,(H,36,42)(H,38,43)(H,39,44)/t21-,24-,25-/m0/s1. The zero-order valence-electron chi connectivity index (χ0n) is 27.8. The van der Waals surface area contributed by atoms with Gasteiger partial charge < -0.3 is 35.3 Å². The van der Waals surface area contributed by atoms with E-state index >= 15 is 0 Å². The summed E-state index contributed by atoms with van der Waals surface area (Å²) in [5.74, 6) is -2.47. The lowest BCUT2D eigenvalue weighted by molar-refractivity contribution is -0.131. The van der Waals surface area contributed by atoms with Crippen LogP contribution in [0.4, 0.5) is 0 Å². The highest BCUT2D eigenvalue weighted by atomic mass is 16.5. The van der Waals surface area contributed by atoms with Gasteiger partial charge in [-0.05, 0) is 76.0 Å². The van der Waals surface area contributed by atoms with Crippen LogP contribution in [0.2, 0.25) is 0 Å². The van der Waals surface area contributed by atoms with E-state index in [-0.39, 0.29) is 35.9 Å². The summed E-state index contributed by atoms with van der Waals surface area (Å²) in [6, 6.07) is 6.62. The minimum Gasteiger partial charge on any atom is -0.496 e. The number of fused-ring (bicyclic) bond motifs is 1. The Morgan fingerprint density at radius 1 is 1.11 bits per heavy atom. The number of carbonyl (C=O) groups is 5. The van der Waals surface area contributed by atoms with Crippen LogP contribution in [0.3, 0.4) is 0 Å². The van der Waals surface area contributed by atoms with Gasteiger partial charge in [0.25, 0.3) is 5.91 Å². The lowest BCUT2D eigenvalue weighted by Gasteiger charge is -2.25. The molecule has 252 valence electrons. The lowest BCUT2D eigenvalue weighted by Crippen LogP contribution is -2.53. The number of Topliss-reactive ketones (excluding diaryl/α,β-unsaturated/α-hetero) is 1. The van der Waals surface area contributed by atoms with Crippen molar-refractivity contribution in [2.75, 3.05) is 34.4 Å². The van der Waals surface area contributed by atoms with Gasteiger partial charge in [-0.1, -0.05) is 19.9 Å². The number of nitrogens with one attached hydrogen (secondary N) is 4. The molecule has 3 amide bonds. The second-order valence-electron chi connectivity index (χ2n) is 12.6. The molecule has 2 aromatic heterocycles. The third-order valence-corrected chi connectivity index (χ3v) is 8.06. The van der Waals surface area contributed by atoms with E-state index in [1.165, 1.54) is 0 Å². The smallest absolute Gasteiger partial charge is 0.340 e. The molecule has 0 saturated carbocycles. The van der Waals surface area contributed by atoms with Crippen molar-refractivity contribution in [3.05, 3.63) is 59.0 Å². The molecule has 0 unspecified atom stereocenters. The number of hydrogen-bond donors (Lipinski definition) is 4. The van der Waals surface area contributed by atoms with Crippen molar-refractivity contribution < 1.29 is 33.4 Å². The SMILES string of the molecule is COc1cccc2[nH]c(C(=O)N[C@@H](CC(C)C)C(=O)N[C@@H](C[C@@H]3CCNC3=O)C(=O)COC(=O)c3c(C)ccnc3CN(C)C)cc12. The Morgan fingerprint density at radius 2 is 1.87 bits per heavy atom. The normalized spacial score (nSPS) is 15.7. The summed E-state index contributed by atoms with van der Waals surface area (Å²) in [5.41, 5.74) is 2.39. The number of aromatic amines is 1. The predicted octanol–water partition coefficient (Wildman–Crippen LogP) is 2.52. The third kappa shape index (κ3) is 8.94. The van der Waals surface area contributed by atoms with Gasteiger partial charge in [0.05, 0.1) is 24.4 Å². The first kappa shape index (κ1) is 35.1. The Bertz CT molecular complexity index is 1630. The largest absolute Gasteiger partial charge is 0.496 e. The van der Waals surface area contributed by atoms with Gasteiger partial charge >= 0.3 is 5.97 Å². The minimum absolute atomic E-state index is 0.0173. The summed E-state index contributed by atoms with van der Waals surface area (Å²) in [4.78, 5) is 75.4. The molecule has 1 aromatic carbocycles. The molecule has 4 N–H and O–H groups in total. The monoisotopic (exact) mass is 648 g/mol. The van der Waals surface area contributed by atoms with E-state index in [2.05, 4.69) is 25.9 Å². The van der Waals surface area contributed by atoms with Crippen molar-refractivity contribution >= 4 is 40.4 Å². The number of esters is 1. The van der Waals surface area contributed by atoms with Crippen LogP contribution in [0.25, 0.3) is 10.9 Å². The van der Waals surface area contributed by atoms with Gasteiger partial charge in [0.1, 0.15) is 17.5 Å². The first-order valence-corrected chi connectivity index (χ1v) is 15.7. The molecule has 13 nitrogen and oxygen atoms in total. The summed E-state index contributed by atoms with van der Waals surface area (Å²) < 4.78 is 10.9. The number of nitrogens with zero attached hydrogens (tertiary/aromatic N) is 2. The minimum atomic E-state index is -1.13. The zero-order valence-corrected chi connectivity index (χ0v) is 27.8. The molecule has 1 saturated heterocycles. The molecule has 4 rings (SSSR count). The van der Waals surface area contributed by atoms with Crippen LogP contribution in [0, 0.1) is 18.8 Å². The van der Waals surface area contributed by atoms with E-state index in [1.807, 2.05) is 38.9 Å². The summed E-state index contributed by atoms with van der Waals surface area (Å²) >= 11 is 0. The molecule has 0 spiro atoms. The summed E-state index contributed by atoms with van der Waals surface area (Å²) in [6.45, 7) is 5.82. The Hall–Kier alpha value is -4.78. The van der Waals surface area contributed by atoms with Crippen molar-refractivity contribution in [2.24, 2.45) is 11.8 Å². The molecule has 0 aliphatic carbocycles. The number of aromatic nitrogens is 2. The summed E-state index contributed by atoms with van der Waals surface area (Å²) in [7, 11) is 5.24. The number of ketones is 1. The molecule has 47 heavy (non-hydrogen) atoms. The Morgan fingerprint density at radius 3 is 2.53 bits per heavy atom. The topological polar surface area (TPSA) is 172 Å². The van der Waals surface area contributed by atoms with E-state index in [9.17, 15) is 24.0 Å². The highest BCUT2D eigenvalue weighted by Crippen LogP contribution is 2.26. The number of benzene rings is 1. The van der Waals surface area contributed by atoms with Gasteiger partial charge in [0.15, 0.2) is 12.4 Å². The van der Waals surface area contributed by atoms with Gasteiger partial charge in [-0.2, -0.15) is 0 Å². The van der Waals surface area contributed by atoms with Gasteiger partial charge in [0, 0.05) is 36.1 Å². The number of rotatable bonds is 15. The van der Waals surface area contributed by atoms with Crippen LogP contribution in [0.15, 0.2) is 36.5 Å². The number of carbonyl (C=O) groups excluding carboxylic acids is 5. The van der Waals surface area contributed by atoms with Crippen LogP contribution in [-0.2, 0) is 25.7 Å². The van der Waals surface area contributed by atoms with E-state index in [4.69, 9.17) is 9.47 Å². The number of ether oxygens (including phenoxy) is 2. The third-order valence-electron chi connectivity index (χ3n) is 8.06. The number of hydrogen-bond acceptors (Lipinski definition) is 9. The van der Waals surface area contributed by atoms with Gasteiger partial charge in [0.2, 0.25) is 11.8 Å². The molecule has 3 aromatic rings. The average Bonchev–Trinajstić information content (AvgIpc) is 3.64. The van der Waals surface area contributed by atoms with Crippen LogP contribution in [0.5, 0.6) is 5.75 Å². The highest BCUT2D eigenvalue weighted by molar-refractivity contribution is 6.02. The fourth-order valence-electron chi connectivity index (χ4n) is 5.69. The number of H-pyrrole nitrogens is 1. The van der Waals surface area contributed by atoms with E-state index in [0.29, 0.717) is 42.0 Å². The van der Waals surface area contributed by atoms with Crippen LogP contribution in [0.1, 0.15) is 65.2 Å². The molecule has 13 heteroatoms. The molecule has 1 fully saturated rings. The predicted molar refractivity (Wildman–Crippen MR) is 175 cm³/mol. The van der Waals surface area contributed by atoms with Crippen molar-refractivity contribution in [2.45, 2.75) is 58.7 Å². The van der Waals surface area contributed by atoms with Crippen molar-refractivity contribution in [3.63, 3.8) is 0 Å².